The number of rotatable bonds is 8. The third-order valence-corrected chi connectivity index (χ3v) is 9.22. The molecule has 0 spiro atoms. The number of hydrogen-bond donors (Lipinski definition) is 6. The first-order valence-corrected chi connectivity index (χ1v) is 17.1. The second-order valence-electron chi connectivity index (χ2n) is 12.9. The fourth-order valence-electron chi connectivity index (χ4n) is 6.60. The van der Waals surface area contributed by atoms with Gasteiger partial charge in [0, 0.05) is 55.7 Å². The van der Waals surface area contributed by atoms with Crippen LogP contribution in [0.3, 0.4) is 0 Å². The topological polar surface area (TPSA) is 153 Å². The Morgan fingerprint density at radius 2 is 1.31 bits per heavy atom. The molecular weight excluding hydrogens is 620 g/mol. The predicted molar refractivity (Wildman–Crippen MR) is 186 cm³/mol. The van der Waals surface area contributed by atoms with Crippen LogP contribution < -0.4 is 26.6 Å². The normalized spacial score (nSPS) is 23.2. The second-order valence-corrected chi connectivity index (χ2v) is 12.9. The third kappa shape index (κ3) is 9.33. The highest BCUT2D eigenvalue weighted by Gasteiger charge is 2.32. The van der Waals surface area contributed by atoms with Crippen LogP contribution in [-0.2, 0) is 43.2 Å². The molecule has 4 amide bonds. The maximum atomic E-state index is 14.1. The molecule has 3 heterocycles. The molecule has 6 rings (SSSR count). The lowest BCUT2D eigenvalue weighted by molar-refractivity contribution is -0.133. The SMILES string of the molecule is O=C1C[C@H](NC2CCOCC2)C(=O)NC[C@@H](Cc2ccccc2)NC(=O)[C@H](Cc2ccccc2)NC(=O)[C@H](Cc2c[nH]c3ccccc23)N1. The summed E-state index contributed by atoms with van der Waals surface area (Å²) in [5.41, 5.74) is 3.62. The lowest BCUT2D eigenvalue weighted by Crippen LogP contribution is -2.59. The largest absolute Gasteiger partial charge is 0.381 e. The van der Waals surface area contributed by atoms with Gasteiger partial charge < -0.3 is 36.3 Å². The molecule has 0 unspecified atom stereocenters. The van der Waals surface area contributed by atoms with Crippen LogP contribution in [0.4, 0.5) is 0 Å². The van der Waals surface area contributed by atoms with E-state index in [9.17, 15) is 19.2 Å². The maximum absolute atomic E-state index is 14.1. The van der Waals surface area contributed by atoms with E-state index in [2.05, 4.69) is 31.6 Å². The van der Waals surface area contributed by atoms with Crippen molar-refractivity contribution in [1.82, 2.24) is 31.6 Å². The Balaban J connectivity index is 1.31. The molecule has 0 aliphatic carbocycles. The van der Waals surface area contributed by atoms with Crippen LogP contribution in [0.25, 0.3) is 10.9 Å². The minimum atomic E-state index is -1.01. The summed E-state index contributed by atoms with van der Waals surface area (Å²) >= 11 is 0. The summed E-state index contributed by atoms with van der Waals surface area (Å²) in [6, 6.07) is 23.7. The van der Waals surface area contributed by atoms with Crippen LogP contribution in [0.15, 0.2) is 91.1 Å². The smallest absolute Gasteiger partial charge is 0.243 e. The average Bonchev–Trinajstić information content (AvgIpc) is 3.53. The summed E-state index contributed by atoms with van der Waals surface area (Å²) in [6.45, 7) is 1.28. The Hall–Kier alpha value is -5.00. The molecule has 0 saturated carbocycles. The van der Waals surface area contributed by atoms with Crippen molar-refractivity contribution in [2.45, 2.75) is 68.7 Å². The van der Waals surface area contributed by atoms with Gasteiger partial charge in [-0.15, -0.1) is 0 Å². The molecule has 0 bridgehead atoms. The number of ether oxygens (including phenoxy) is 1. The van der Waals surface area contributed by atoms with E-state index in [-0.39, 0.29) is 43.7 Å². The summed E-state index contributed by atoms with van der Waals surface area (Å²) in [7, 11) is 0. The van der Waals surface area contributed by atoms with Gasteiger partial charge in [-0.1, -0.05) is 78.9 Å². The van der Waals surface area contributed by atoms with Crippen molar-refractivity contribution in [3.05, 3.63) is 108 Å². The van der Waals surface area contributed by atoms with Crippen molar-refractivity contribution < 1.29 is 23.9 Å². The number of amides is 4. The molecule has 2 aliphatic rings. The predicted octanol–water partition coefficient (Wildman–Crippen LogP) is 2.31. The molecule has 3 aromatic carbocycles. The molecule has 256 valence electrons. The summed E-state index contributed by atoms with van der Waals surface area (Å²) in [5.74, 6) is -1.64. The van der Waals surface area contributed by atoms with E-state index in [1.807, 2.05) is 91.1 Å². The minimum absolute atomic E-state index is 0.0000581. The van der Waals surface area contributed by atoms with E-state index < -0.39 is 36.0 Å². The van der Waals surface area contributed by atoms with E-state index >= 15 is 0 Å². The lowest BCUT2D eigenvalue weighted by atomic mass is 10.00. The van der Waals surface area contributed by atoms with Gasteiger partial charge in [0.15, 0.2) is 0 Å². The maximum Gasteiger partial charge on any atom is 0.243 e. The van der Waals surface area contributed by atoms with Crippen LogP contribution in [0, 0.1) is 0 Å². The zero-order valence-corrected chi connectivity index (χ0v) is 27.5. The highest BCUT2D eigenvalue weighted by molar-refractivity contribution is 5.95. The number of hydrogen-bond acceptors (Lipinski definition) is 6. The number of aromatic nitrogens is 1. The van der Waals surface area contributed by atoms with Crippen LogP contribution in [0.1, 0.15) is 36.0 Å². The number of benzene rings is 3. The Morgan fingerprint density at radius 1 is 0.673 bits per heavy atom. The number of carbonyl (C=O) groups excluding carboxylic acids is 4. The van der Waals surface area contributed by atoms with Crippen LogP contribution in [-0.4, -0.2) is 78.6 Å². The average molecular weight is 665 g/mol. The molecule has 6 N–H and O–H groups in total. The van der Waals surface area contributed by atoms with E-state index in [1.165, 1.54) is 0 Å². The molecule has 11 nitrogen and oxygen atoms in total. The summed E-state index contributed by atoms with van der Waals surface area (Å²) in [5, 5.41) is 16.3. The highest BCUT2D eigenvalue weighted by Crippen LogP contribution is 2.20. The fraction of sp³-hybridized carbons (Fsp3) is 0.368. The first kappa shape index (κ1) is 33.9. The van der Waals surface area contributed by atoms with Crippen molar-refractivity contribution in [3.63, 3.8) is 0 Å². The van der Waals surface area contributed by atoms with Gasteiger partial charge >= 0.3 is 0 Å². The number of nitrogens with one attached hydrogen (secondary N) is 6. The van der Waals surface area contributed by atoms with Gasteiger partial charge in [-0.25, -0.2) is 0 Å². The lowest BCUT2D eigenvalue weighted by Gasteiger charge is -2.30. The zero-order valence-electron chi connectivity index (χ0n) is 27.5. The van der Waals surface area contributed by atoms with Crippen LogP contribution in [0.5, 0.6) is 0 Å². The van der Waals surface area contributed by atoms with E-state index in [1.54, 1.807) is 0 Å². The minimum Gasteiger partial charge on any atom is -0.381 e. The molecule has 2 fully saturated rings. The van der Waals surface area contributed by atoms with Crippen molar-refractivity contribution in [3.8, 4) is 0 Å². The molecule has 4 atom stereocenters. The van der Waals surface area contributed by atoms with Crippen molar-refractivity contribution in [2.75, 3.05) is 19.8 Å². The van der Waals surface area contributed by atoms with Gasteiger partial charge in [0.1, 0.15) is 12.1 Å². The Kier molecular flexibility index (Phi) is 11.3. The van der Waals surface area contributed by atoms with Gasteiger partial charge in [-0.3, -0.25) is 19.2 Å². The third-order valence-electron chi connectivity index (χ3n) is 9.22. The first-order chi connectivity index (χ1) is 23.9. The number of aromatic amines is 1. The summed E-state index contributed by atoms with van der Waals surface area (Å²) in [4.78, 5) is 58.9. The molecule has 49 heavy (non-hydrogen) atoms. The Bertz CT molecular complexity index is 1720. The molecule has 4 aromatic rings. The number of para-hydroxylation sites is 1. The quantitative estimate of drug-likeness (QED) is 0.170. The van der Waals surface area contributed by atoms with Gasteiger partial charge in [-0.2, -0.15) is 0 Å². The van der Waals surface area contributed by atoms with Crippen LogP contribution in [0.2, 0.25) is 0 Å². The summed E-state index contributed by atoms with van der Waals surface area (Å²) < 4.78 is 5.50. The van der Waals surface area contributed by atoms with Crippen molar-refractivity contribution in [1.29, 1.82) is 0 Å². The highest BCUT2D eigenvalue weighted by atomic mass is 16.5. The standard InChI is InChI=1S/C38H44N6O5/c45-35-22-34(41-28-15-17-49-18-16-28)36(46)40-24-29(19-25-9-3-1-4-10-25)42-37(47)32(20-26-11-5-2-6-12-26)44-38(48)33(43-35)21-27-23-39-31-14-8-7-13-30(27)31/h1-14,23,28-29,32-34,39,41H,15-22,24H2,(H,40,46)(H,42,47)(H,43,45)(H,44,48)/t29-,32+,33+,34+/m1/s1. The molecule has 1 aromatic heterocycles. The van der Waals surface area contributed by atoms with Gasteiger partial charge in [-0.05, 0) is 42.0 Å². The first-order valence-electron chi connectivity index (χ1n) is 17.1. The Labute approximate surface area is 286 Å². The fourth-order valence-corrected chi connectivity index (χ4v) is 6.60. The van der Waals surface area contributed by atoms with E-state index in [0.717, 1.165) is 27.6 Å². The molecule has 2 saturated heterocycles. The van der Waals surface area contributed by atoms with Crippen molar-refractivity contribution >= 4 is 34.5 Å². The second kappa shape index (κ2) is 16.4. The molecule has 11 heteroatoms. The molecular formula is C38H44N6O5. The number of H-pyrrole nitrogens is 1. The van der Waals surface area contributed by atoms with Gasteiger partial charge in [0.2, 0.25) is 23.6 Å². The van der Waals surface area contributed by atoms with Gasteiger partial charge in [0.05, 0.1) is 18.5 Å². The van der Waals surface area contributed by atoms with E-state index in [4.69, 9.17) is 4.74 Å². The van der Waals surface area contributed by atoms with Gasteiger partial charge in [0.25, 0.3) is 0 Å². The molecule has 2 aliphatic heterocycles. The van der Waals surface area contributed by atoms with E-state index in [0.29, 0.717) is 32.5 Å². The zero-order chi connectivity index (χ0) is 34.0. The number of fused-ring (bicyclic) bond motifs is 1. The van der Waals surface area contributed by atoms with Crippen molar-refractivity contribution in [2.24, 2.45) is 0 Å². The molecule has 0 radical (unpaired) electrons. The Morgan fingerprint density at radius 3 is 2.04 bits per heavy atom. The monoisotopic (exact) mass is 664 g/mol. The summed E-state index contributed by atoms with van der Waals surface area (Å²) in [6.07, 6.45) is 3.99. The number of carbonyl (C=O) groups is 4. The van der Waals surface area contributed by atoms with Crippen LogP contribution >= 0.6 is 0 Å².